The SMILES string of the molecule is CCOC(=O)/C=C(\N)N1CCCC1. The van der Waals surface area contributed by atoms with Gasteiger partial charge >= 0.3 is 5.97 Å². The summed E-state index contributed by atoms with van der Waals surface area (Å²) in [6, 6.07) is 0. The van der Waals surface area contributed by atoms with Crippen LogP contribution in [0.15, 0.2) is 11.9 Å². The van der Waals surface area contributed by atoms with E-state index in [1.807, 2.05) is 4.90 Å². The van der Waals surface area contributed by atoms with Crippen LogP contribution in [0.3, 0.4) is 0 Å². The van der Waals surface area contributed by atoms with Gasteiger partial charge in [0.05, 0.1) is 12.7 Å². The van der Waals surface area contributed by atoms with E-state index in [2.05, 4.69) is 0 Å². The second kappa shape index (κ2) is 4.74. The minimum Gasteiger partial charge on any atom is -0.463 e. The monoisotopic (exact) mass is 184 g/mol. The van der Waals surface area contributed by atoms with Crippen molar-refractivity contribution in [2.75, 3.05) is 19.7 Å². The van der Waals surface area contributed by atoms with Crippen molar-refractivity contribution in [1.29, 1.82) is 0 Å². The third kappa shape index (κ3) is 2.97. The summed E-state index contributed by atoms with van der Waals surface area (Å²) in [5.41, 5.74) is 5.70. The van der Waals surface area contributed by atoms with Crippen LogP contribution in [0.2, 0.25) is 0 Å². The Labute approximate surface area is 78.3 Å². The highest BCUT2D eigenvalue weighted by Crippen LogP contribution is 2.10. The number of likely N-dealkylation sites (tertiary alicyclic amines) is 1. The van der Waals surface area contributed by atoms with Gasteiger partial charge in [0.1, 0.15) is 5.82 Å². The van der Waals surface area contributed by atoms with Gasteiger partial charge in [0.2, 0.25) is 0 Å². The van der Waals surface area contributed by atoms with Gasteiger partial charge in [-0.25, -0.2) is 4.79 Å². The lowest BCUT2D eigenvalue weighted by Gasteiger charge is -2.16. The normalized spacial score (nSPS) is 17.6. The quantitative estimate of drug-likeness (QED) is 0.511. The first kappa shape index (κ1) is 9.89. The van der Waals surface area contributed by atoms with Crippen molar-refractivity contribution in [3.8, 4) is 0 Å². The Kier molecular flexibility index (Phi) is 3.61. The molecular weight excluding hydrogens is 168 g/mol. The Morgan fingerprint density at radius 2 is 2.15 bits per heavy atom. The van der Waals surface area contributed by atoms with Gasteiger partial charge in [-0.1, -0.05) is 0 Å². The Morgan fingerprint density at radius 3 is 2.69 bits per heavy atom. The molecule has 1 rings (SSSR count). The summed E-state index contributed by atoms with van der Waals surface area (Å²) >= 11 is 0. The summed E-state index contributed by atoms with van der Waals surface area (Å²) in [6.07, 6.45) is 3.66. The third-order valence-electron chi connectivity index (χ3n) is 2.02. The number of hydrogen-bond acceptors (Lipinski definition) is 4. The van der Waals surface area contributed by atoms with Crippen LogP contribution >= 0.6 is 0 Å². The van der Waals surface area contributed by atoms with Gasteiger partial charge in [-0.3, -0.25) is 0 Å². The molecule has 1 aliphatic heterocycles. The molecule has 1 heterocycles. The van der Waals surface area contributed by atoms with E-state index >= 15 is 0 Å². The number of nitrogens with two attached hydrogens (primary N) is 1. The minimum atomic E-state index is -0.355. The van der Waals surface area contributed by atoms with Crippen LogP contribution in [0.4, 0.5) is 0 Å². The molecule has 0 spiro atoms. The highest BCUT2D eigenvalue weighted by molar-refractivity contribution is 5.82. The predicted octanol–water partition coefficient (Wildman–Crippen LogP) is 0.445. The van der Waals surface area contributed by atoms with Crippen molar-refractivity contribution in [3.05, 3.63) is 11.9 Å². The van der Waals surface area contributed by atoms with Crippen molar-refractivity contribution in [2.45, 2.75) is 19.8 Å². The lowest BCUT2D eigenvalue weighted by Crippen LogP contribution is -2.25. The number of ether oxygens (including phenoxy) is 1. The van der Waals surface area contributed by atoms with E-state index in [1.54, 1.807) is 6.92 Å². The molecule has 74 valence electrons. The van der Waals surface area contributed by atoms with Gasteiger partial charge in [0.15, 0.2) is 0 Å². The van der Waals surface area contributed by atoms with Crippen LogP contribution < -0.4 is 5.73 Å². The lowest BCUT2D eigenvalue weighted by atomic mass is 10.4. The molecule has 0 amide bonds. The Balaban J connectivity index is 2.44. The van der Waals surface area contributed by atoms with Gasteiger partial charge in [0.25, 0.3) is 0 Å². The molecule has 1 aliphatic rings. The van der Waals surface area contributed by atoms with E-state index in [9.17, 15) is 4.79 Å². The number of rotatable bonds is 3. The first-order valence-corrected chi connectivity index (χ1v) is 4.63. The fraction of sp³-hybridized carbons (Fsp3) is 0.667. The highest BCUT2D eigenvalue weighted by atomic mass is 16.5. The molecule has 0 bridgehead atoms. The first-order chi connectivity index (χ1) is 6.24. The van der Waals surface area contributed by atoms with Crippen LogP contribution in [0.1, 0.15) is 19.8 Å². The van der Waals surface area contributed by atoms with Gasteiger partial charge in [0, 0.05) is 13.1 Å². The second-order valence-electron chi connectivity index (χ2n) is 3.02. The predicted molar refractivity (Wildman–Crippen MR) is 49.7 cm³/mol. The van der Waals surface area contributed by atoms with E-state index in [1.165, 1.54) is 6.08 Å². The fourth-order valence-electron chi connectivity index (χ4n) is 1.37. The smallest absolute Gasteiger partial charge is 0.334 e. The van der Waals surface area contributed by atoms with Crippen LogP contribution in [-0.4, -0.2) is 30.6 Å². The maximum absolute atomic E-state index is 11.0. The van der Waals surface area contributed by atoms with Crippen molar-refractivity contribution in [3.63, 3.8) is 0 Å². The topological polar surface area (TPSA) is 55.6 Å². The van der Waals surface area contributed by atoms with Crippen LogP contribution in [0.25, 0.3) is 0 Å². The second-order valence-corrected chi connectivity index (χ2v) is 3.02. The maximum Gasteiger partial charge on any atom is 0.334 e. The largest absolute Gasteiger partial charge is 0.463 e. The molecule has 0 saturated carbocycles. The van der Waals surface area contributed by atoms with Crippen molar-refractivity contribution in [2.24, 2.45) is 5.73 Å². The van der Waals surface area contributed by atoms with Gasteiger partial charge in [-0.2, -0.15) is 0 Å². The fourth-order valence-corrected chi connectivity index (χ4v) is 1.37. The van der Waals surface area contributed by atoms with Crippen molar-refractivity contribution < 1.29 is 9.53 Å². The molecule has 0 aliphatic carbocycles. The number of carbonyl (C=O) groups is 1. The standard InChI is InChI=1S/C9H16N2O2/c1-2-13-9(12)7-8(10)11-5-3-4-6-11/h7H,2-6,10H2,1H3/b8-7+. The molecule has 4 heteroatoms. The molecule has 0 atom stereocenters. The number of nitrogens with zero attached hydrogens (tertiary/aromatic N) is 1. The summed E-state index contributed by atoms with van der Waals surface area (Å²) in [4.78, 5) is 13.0. The average molecular weight is 184 g/mol. The molecule has 1 fully saturated rings. The van der Waals surface area contributed by atoms with E-state index in [4.69, 9.17) is 10.5 Å². The van der Waals surface area contributed by atoms with Gasteiger partial charge < -0.3 is 15.4 Å². The number of hydrogen-bond donors (Lipinski definition) is 1. The lowest BCUT2D eigenvalue weighted by molar-refractivity contribution is -0.137. The molecule has 4 nitrogen and oxygen atoms in total. The zero-order chi connectivity index (χ0) is 9.68. The zero-order valence-electron chi connectivity index (χ0n) is 7.95. The van der Waals surface area contributed by atoms with E-state index in [0.717, 1.165) is 25.9 Å². The summed E-state index contributed by atoms with van der Waals surface area (Å²) < 4.78 is 4.75. The van der Waals surface area contributed by atoms with Crippen molar-refractivity contribution >= 4 is 5.97 Å². The summed E-state index contributed by atoms with van der Waals surface area (Å²) in [6.45, 7) is 4.06. The number of carbonyl (C=O) groups excluding carboxylic acids is 1. The Hall–Kier alpha value is -1.19. The summed E-state index contributed by atoms with van der Waals surface area (Å²) in [5.74, 6) is 0.169. The van der Waals surface area contributed by atoms with E-state index < -0.39 is 0 Å². The highest BCUT2D eigenvalue weighted by Gasteiger charge is 2.13. The molecule has 13 heavy (non-hydrogen) atoms. The molecular formula is C9H16N2O2. The van der Waals surface area contributed by atoms with Crippen LogP contribution in [0.5, 0.6) is 0 Å². The first-order valence-electron chi connectivity index (χ1n) is 4.63. The van der Waals surface area contributed by atoms with Crippen molar-refractivity contribution in [1.82, 2.24) is 4.90 Å². The molecule has 0 unspecified atom stereocenters. The Morgan fingerprint density at radius 1 is 1.54 bits per heavy atom. The van der Waals surface area contributed by atoms with Gasteiger partial charge in [-0.15, -0.1) is 0 Å². The Bertz CT molecular complexity index is 208. The third-order valence-corrected chi connectivity index (χ3v) is 2.02. The maximum atomic E-state index is 11.0. The number of esters is 1. The average Bonchev–Trinajstić information content (AvgIpc) is 2.55. The molecule has 0 aromatic rings. The zero-order valence-corrected chi connectivity index (χ0v) is 7.95. The molecule has 0 aromatic carbocycles. The molecule has 1 saturated heterocycles. The molecule has 2 N–H and O–H groups in total. The molecule has 0 aromatic heterocycles. The molecule has 0 radical (unpaired) electrons. The van der Waals surface area contributed by atoms with E-state index in [0.29, 0.717) is 12.4 Å². The van der Waals surface area contributed by atoms with Gasteiger partial charge in [-0.05, 0) is 19.8 Å². The van der Waals surface area contributed by atoms with Crippen LogP contribution in [0, 0.1) is 0 Å². The van der Waals surface area contributed by atoms with E-state index in [-0.39, 0.29) is 5.97 Å². The minimum absolute atomic E-state index is 0.355. The van der Waals surface area contributed by atoms with Crippen LogP contribution in [-0.2, 0) is 9.53 Å². The summed E-state index contributed by atoms with van der Waals surface area (Å²) in [7, 11) is 0. The summed E-state index contributed by atoms with van der Waals surface area (Å²) in [5, 5.41) is 0.